The summed E-state index contributed by atoms with van der Waals surface area (Å²) in [6.07, 6.45) is 1.20. The highest BCUT2D eigenvalue weighted by Crippen LogP contribution is 2.28. The first-order chi connectivity index (χ1) is 9.33. The topological polar surface area (TPSA) is 49.8 Å². The molecule has 0 aliphatic carbocycles. The molecule has 0 heterocycles. The van der Waals surface area contributed by atoms with Crippen molar-refractivity contribution in [1.82, 2.24) is 0 Å². The summed E-state index contributed by atoms with van der Waals surface area (Å²) in [6.45, 7) is 3.65. The molecule has 108 valence electrons. The van der Waals surface area contributed by atoms with Crippen molar-refractivity contribution >= 4 is 12.0 Å². The van der Waals surface area contributed by atoms with Crippen molar-refractivity contribution in [2.45, 2.75) is 25.9 Å². The Morgan fingerprint density at radius 3 is 2.65 bits per heavy atom. The van der Waals surface area contributed by atoms with Gasteiger partial charge in [0.25, 0.3) is 0 Å². The largest absolute Gasteiger partial charge is 0.491 e. The quantitative estimate of drug-likeness (QED) is 0.506. The SMILES string of the molecule is CN(C)c1cc(C#CC(C)(C)O)ccc1OCCC=O. The van der Waals surface area contributed by atoms with Gasteiger partial charge in [-0.1, -0.05) is 11.8 Å². The molecule has 0 bridgehead atoms. The lowest BCUT2D eigenvalue weighted by atomic mass is 10.1. The summed E-state index contributed by atoms with van der Waals surface area (Å²) in [4.78, 5) is 12.2. The number of hydrogen-bond donors (Lipinski definition) is 1. The standard InChI is InChI=1S/C16H21NO3/c1-16(2,19)9-8-13-6-7-15(20-11-5-10-18)14(12-13)17(3)4/h6-7,10,12,19H,5,11H2,1-4H3. The first kappa shape index (κ1) is 16.1. The molecule has 0 aromatic heterocycles. The van der Waals surface area contributed by atoms with E-state index < -0.39 is 5.60 Å². The molecule has 0 fully saturated rings. The molecule has 0 saturated carbocycles. The Kier molecular flexibility index (Phi) is 5.60. The number of nitrogens with zero attached hydrogens (tertiary/aromatic N) is 1. The van der Waals surface area contributed by atoms with Gasteiger partial charge in [0.15, 0.2) is 0 Å². The predicted molar refractivity (Wildman–Crippen MR) is 80.1 cm³/mol. The van der Waals surface area contributed by atoms with Crippen LogP contribution in [-0.4, -0.2) is 37.7 Å². The van der Waals surface area contributed by atoms with E-state index in [4.69, 9.17) is 4.74 Å². The van der Waals surface area contributed by atoms with Gasteiger partial charge in [-0.2, -0.15) is 0 Å². The monoisotopic (exact) mass is 275 g/mol. The Morgan fingerprint density at radius 1 is 1.40 bits per heavy atom. The molecule has 1 rings (SSSR count). The van der Waals surface area contributed by atoms with Crippen molar-refractivity contribution < 1.29 is 14.6 Å². The number of benzene rings is 1. The smallest absolute Gasteiger partial charge is 0.142 e. The Labute approximate surface area is 120 Å². The second-order valence-corrected chi connectivity index (χ2v) is 5.19. The molecule has 0 aliphatic heterocycles. The highest BCUT2D eigenvalue weighted by atomic mass is 16.5. The predicted octanol–water partition coefficient (Wildman–Crippen LogP) is 1.84. The van der Waals surface area contributed by atoms with Crippen LogP contribution in [0.25, 0.3) is 0 Å². The van der Waals surface area contributed by atoms with E-state index in [1.807, 2.05) is 37.2 Å². The van der Waals surface area contributed by atoms with Crippen LogP contribution < -0.4 is 9.64 Å². The lowest BCUT2D eigenvalue weighted by Gasteiger charge is -2.18. The molecule has 0 radical (unpaired) electrons. The maximum atomic E-state index is 10.3. The Bertz CT molecular complexity index is 519. The molecule has 20 heavy (non-hydrogen) atoms. The first-order valence-electron chi connectivity index (χ1n) is 6.47. The van der Waals surface area contributed by atoms with Crippen LogP contribution in [0, 0.1) is 11.8 Å². The van der Waals surface area contributed by atoms with Crippen LogP contribution in [-0.2, 0) is 4.79 Å². The van der Waals surface area contributed by atoms with Gasteiger partial charge in [-0.3, -0.25) is 0 Å². The van der Waals surface area contributed by atoms with Gasteiger partial charge < -0.3 is 19.5 Å². The Hall–Kier alpha value is -1.99. The van der Waals surface area contributed by atoms with Crippen molar-refractivity contribution in [3.05, 3.63) is 23.8 Å². The lowest BCUT2D eigenvalue weighted by Crippen LogP contribution is -2.14. The minimum Gasteiger partial charge on any atom is -0.491 e. The molecule has 0 saturated heterocycles. The summed E-state index contributed by atoms with van der Waals surface area (Å²) in [7, 11) is 3.82. The van der Waals surface area contributed by atoms with E-state index >= 15 is 0 Å². The van der Waals surface area contributed by atoms with Crippen molar-refractivity contribution in [3.8, 4) is 17.6 Å². The van der Waals surface area contributed by atoms with Gasteiger partial charge >= 0.3 is 0 Å². The summed E-state index contributed by atoms with van der Waals surface area (Å²) in [5, 5.41) is 9.61. The van der Waals surface area contributed by atoms with Gasteiger partial charge in [0.05, 0.1) is 12.3 Å². The molecule has 1 aromatic rings. The van der Waals surface area contributed by atoms with Crippen LogP contribution in [0.4, 0.5) is 5.69 Å². The molecule has 1 aromatic carbocycles. The fourth-order valence-electron chi connectivity index (χ4n) is 1.51. The second-order valence-electron chi connectivity index (χ2n) is 5.19. The summed E-state index contributed by atoms with van der Waals surface area (Å²) in [5.41, 5.74) is 0.675. The van der Waals surface area contributed by atoms with Crippen molar-refractivity contribution in [1.29, 1.82) is 0 Å². The molecule has 0 amide bonds. The number of anilines is 1. The van der Waals surface area contributed by atoms with Crippen LogP contribution in [0.5, 0.6) is 5.75 Å². The van der Waals surface area contributed by atoms with Crippen LogP contribution in [0.1, 0.15) is 25.8 Å². The average molecular weight is 275 g/mol. The molecule has 4 nitrogen and oxygen atoms in total. The maximum absolute atomic E-state index is 10.3. The molecular weight excluding hydrogens is 254 g/mol. The fourth-order valence-corrected chi connectivity index (χ4v) is 1.51. The number of aliphatic hydroxyl groups is 1. The van der Waals surface area contributed by atoms with E-state index in [1.165, 1.54) is 0 Å². The summed E-state index contributed by atoms with van der Waals surface area (Å²) in [5.74, 6) is 6.43. The van der Waals surface area contributed by atoms with Gasteiger partial charge in [0.2, 0.25) is 0 Å². The van der Waals surface area contributed by atoms with Gasteiger partial charge in [-0.05, 0) is 32.0 Å². The highest BCUT2D eigenvalue weighted by molar-refractivity contribution is 5.62. The maximum Gasteiger partial charge on any atom is 0.142 e. The summed E-state index contributed by atoms with van der Waals surface area (Å²) >= 11 is 0. The van der Waals surface area contributed by atoms with Crippen LogP contribution in [0.15, 0.2) is 18.2 Å². The molecule has 0 spiro atoms. The minimum atomic E-state index is -1.02. The normalized spacial score (nSPS) is 10.4. The zero-order valence-electron chi connectivity index (χ0n) is 12.4. The van der Waals surface area contributed by atoms with Gasteiger partial charge in [-0.15, -0.1) is 0 Å². The molecule has 4 heteroatoms. The van der Waals surface area contributed by atoms with Gasteiger partial charge in [0, 0.05) is 26.1 Å². The zero-order chi connectivity index (χ0) is 15.2. The molecular formula is C16H21NO3. The van der Waals surface area contributed by atoms with Gasteiger partial charge in [-0.25, -0.2) is 0 Å². The number of hydrogen-bond acceptors (Lipinski definition) is 4. The van der Waals surface area contributed by atoms with E-state index in [0.717, 1.165) is 17.5 Å². The van der Waals surface area contributed by atoms with Crippen LogP contribution in [0.3, 0.4) is 0 Å². The number of aldehydes is 1. The molecule has 0 atom stereocenters. The Balaban J connectivity index is 3.00. The molecule has 0 unspecified atom stereocenters. The third kappa shape index (κ3) is 5.33. The third-order valence-electron chi connectivity index (χ3n) is 2.45. The van der Waals surface area contributed by atoms with E-state index in [9.17, 15) is 9.90 Å². The van der Waals surface area contributed by atoms with E-state index in [0.29, 0.717) is 18.8 Å². The fraction of sp³-hybridized carbons (Fsp3) is 0.438. The summed E-state index contributed by atoms with van der Waals surface area (Å²) < 4.78 is 5.57. The number of rotatable bonds is 5. The van der Waals surface area contributed by atoms with Crippen molar-refractivity contribution in [3.63, 3.8) is 0 Å². The van der Waals surface area contributed by atoms with E-state index in [2.05, 4.69) is 11.8 Å². The molecule has 0 aliphatic rings. The number of carbonyl (C=O) groups excluding carboxylic acids is 1. The third-order valence-corrected chi connectivity index (χ3v) is 2.45. The van der Waals surface area contributed by atoms with E-state index in [-0.39, 0.29) is 0 Å². The van der Waals surface area contributed by atoms with Crippen LogP contribution >= 0.6 is 0 Å². The number of carbonyl (C=O) groups is 1. The van der Waals surface area contributed by atoms with Crippen LogP contribution in [0.2, 0.25) is 0 Å². The highest BCUT2D eigenvalue weighted by Gasteiger charge is 2.08. The average Bonchev–Trinajstić information content (AvgIpc) is 2.36. The second kappa shape index (κ2) is 6.97. The Morgan fingerprint density at radius 2 is 2.10 bits per heavy atom. The minimum absolute atomic E-state index is 0.360. The zero-order valence-corrected chi connectivity index (χ0v) is 12.4. The molecule has 1 N–H and O–H groups in total. The van der Waals surface area contributed by atoms with E-state index in [1.54, 1.807) is 13.8 Å². The first-order valence-corrected chi connectivity index (χ1v) is 6.47. The number of ether oxygens (including phenoxy) is 1. The summed E-state index contributed by atoms with van der Waals surface area (Å²) in [6, 6.07) is 5.56. The van der Waals surface area contributed by atoms with Crippen molar-refractivity contribution in [2.75, 3.05) is 25.6 Å². The lowest BCUT2D eigenvalue weighted by molar-refractivity contribution is -0.108. The van der Waals surface area contributed by atoms with Crippen molar-refractivity contribution in [2.24, 2.45) is 0 Å². The van der Waals surface area contributed by atoms with Gasteiger partial charge in [0.1, 0.15) is 17.6 Å².